The van der Waals surface area contributed by atoms with Gasteiger partial charge in [-0.1, -0.05) is 30.3 Å². The summed E-state index contributed by atoms with van der Waals surface area (Å²) in [6, 6.07) is 16.2. The molecule has 138 valence electrons. The van der Waals surface area contributed by atoms with Gasteiger partial charge < -0.3 is 20.5 Å². The molecule has 0 unspecified atom stereocenters. The van der Waals surface area contributed by atoms with Gasteiger partial charge >= 0.3 is 0 Å². The van der Waals surface area contributed by atoms with Crippen molar-refractivity contribution in [3.8, 4) is 11.5 Å². The molecule has 0 amide bonds. The molecule has 1 aliphatic rings. The van der Waals surface area contributed by atoms with E-state index in [9.17, 15) is 0 Å². The summed E-state index contributed by atoms with van der Waals surface area (Å²) >= 11 is 0. The quantitative estimate of drug-likeness (QED) is 0.557. The van der Waals surface area contributed by atoms with Crippen LogP contribution in [0.2, 0.25) is 0 Å². The molecule has 3 N–H and O–H groups in total. The molecule has 0 heterocycles. The Morgan fingerprint density at radius 1 is 1.08 bits per heavy atom. The van der Waals surface area contributed by atoms with Gasteiger partial charge in [-0.25, -0.2) is 0 Å². The van der Waals surface area contributed by atoms with E-state index in [1.807, 2.05) is 38.1 Å². The summed E-state index contributed by atoms with van der Waals surface area (Å²) < 4.78 is 11.2. The van der Waals surface area contributed by atoms with Gasteiger partial charge in [-0.3, -0.25) is 4.99 Å². The lowest BCUT2D eigenvalue weighted by Crippen LogP contribution is -2.25. The summed E-state index contributed by atoms with van der Waals surface area (Å²) in [6.07, 6.45) is 2.30. The molecule has 1 saturated carbocycles. The van der Waals surface area contributed by atoms with Crippen LogP contribution in [0.1, 0.15) is 32.3 Å². The topological polar surface area (TPSA) is 68.9 Å². The third-order valence-electron chi connectivity index (χ3n) is 4.62. The van der Waals surface area contributed by atoms with E-state index < -0.39 is 0 Å². The van der Waals surface area contributed by atoms with Gasteiger partial charge in [-0.2, -0.15) is 0 Å². The number of nitrogens with two attached hydrogens (primary N) is 1. The van der Waals surface area contributed by atoms with Crippen LogP contribution in [0.4, 0.5) is 5.69 Å². The Labute approximate surface area is 155 Å². The highest BCUT2D eigenvalue weighted by Gasteiger charge is 2.43. The first kappa shape index (κ1) is 18.1. The maximum atomic E-state index is 6.15. The summed E-state index contributed by atoms with van der Waals surface area (Å²) in [7, 11) is 0. The lowest BCUT2D eigenvalue weighted by atomic mass is 9.96. The number of guanidine groups is 1. The first-order chi connectivity index (χ1) is 12.7. The Bertz CT molecular complexity index is 755. The van der Waals surface area contributed by atoms with E-state index in [-0.39, 0.29) is 5.41 Å². The van der Waals surface area contributed by atoms with Crippen LogP contribution < -0.4 is 20.5 Å². The molecule has 0 aliphatic heterocycles. The normalized spacial score (nSPS) is 15.4. The minimum absolute atomic E-state index is 0.142. The molecule has 0 atom stereocenters. The van der Waals surface area contributed by atoms with Crippen molar-refractivity contribution < 1.29 is 9.47 Å². The maximum absolute atomic E-state index is 6.15. The lowest BCUT2D eigenvalue weighted by Gasteiger charge is -2.16. The first-order valence-corrected chi connectivity index (χ1v) is 9.19. The van der Waals surface area contributed by atoms with Crippen molar-refractivity contribution in [2.24, 2.45) is 10.7 Å². The van der Waals surface area contributed by atoms with Gasteiger partial charge in [0.2, 0.25) is 0 Å². The summed E-state index contributed by atoms with van der Waals surface area (Å²) in [5.41, 5.74) is 8.40. The fourth-order valence-corrected chi connectivity index (χ4v) is 3.04. The summed E-state index contributed by atoms with van der Waals surface area (Å²) in [5.74, 6) is 1.90. The number of nitrogens with one attached hydrogen (secondary N) is 1. The van der Waals surface area contributed by atoms with Crippen LogP contribution in [-0.2, 0) is 5.41 Å². The van der Waals surface area contributed by atoms with Crippen molar-refractivity contribution >= 4 is 11.6 Å². The van der Waals surface area contributed by atoms with E-state index >= 15 is 0 Å². The van der Waals surface area contributed by atoms with Crippen LogP contribution in [0.25, 0.3) is 0 Å². The fraction of sp³-hybridized carbons (Fsp3) is 0.381. The first-order valence-electron chi connectivity index (χ1n) is 9.19. The molecule has 3 rings (SSSR count). The number of nitrogens with zero attached hydrogens (tertiary/aromatic N) is 1. The Hall–Kier alpha value is -2.69. The summed E-state index contributed by atoms with van der Waals surface area (Å²) in [4.78, 5) is 4.59. The minimum atomic E-state index is 0.142. The molecule has 2 aromatic carbocycles. The van der Waals surface area contributed by atoms with Crippen molar-refractivity contribution in [3.63, 3.8) is 0 Å². The summed E-state index contributed by atoms with van der Waals surface area (Å²) in [6.45, 7) is 5.78. The van der Waals surface area contributed by atoms with Crippen molar-refractivity contribution in [2.75, 3.05) is 25.1 Å². The van der Waals surface area contributed by atoms with Crippen LogP contribution in [0.15, 0.2) is 53.5 Å². The van der Waals surface area contributed by atoms with Gasteiger partial charge in [0, 0.05) is 11.5 Å². The van der Waals surface area contributed by atoms with E-state index in [0.717, 1.165) is 30.0 Å². The van der Waals surface area contributed by atoms with Crippen LogP contribution in [0.3, 0.4) is 0 Å². The van der Waals surface area contributed by atoms with Crippen LogP contribution in [0.5, 0.6) is 11.5 Å². The predicted molar refractivity (Wildman–Crippen MR) is 106 cm³/mol. The van der Waals surface area contributed by atoms with Gasteiger partial charge in [0.05, 0.1) is 25.4 Å². The average molecular weight is 353 g/mol. The second-order valence-electron chi connectivity index (χ2n) is 6.50. The van der Waals surface area contributed by atoms with Crippen molar-refractivity contribution in [2.45, 2.75) is 32.1 Å². The highest BCUT2D eigenvalue weighted by atomic mass is 16.5. The van der Waals surface area contributed by atoms with Crippen molar-refractivity contribution in [3.05, 3.63) is 54.1 Å². The third-order valence-corrected chi connectivity index (χ3v) is 4.62. The zero-order valence-electron chi connectivity index (χ0n) is 15.5. The molecule has 0 saturated heterocycles. The maximum Gasteiger partial charge on any atom is 0.193 e. The Morgan fingerprint density at radius 2 is 1.81 bits per heavy atom. The largest absolute Gasteiger partial charge is 0.494 e. The molecule has 0 radical (unpaired) electrons. The van der Waals surface area contributed by atoms with Gasteiger partial charge in [-0.05, 0) is 44.4 Å². The smallest absolute Gasteiger partial charge is 0.193 e. The Morgan fingerprint density at radius 3 is 2.46 bits per heavy atom. The molecule has 5 heteroatoms. The number of rotatable bonds is 8. The molecule has 0 aromatic heterocycles. The van der Waals surface area contributed by atoms with Crippen LogP contribution in [0, 0.1) is 0 Å². The van der Waals surface area contributed by atoms with Gasteiger partial charge in [0.1, 0.15) is 11.5 Å². The van der Waals surface area contributed by atoms with Gasteiger partial charge in [-0.15, -0.1) is 0 Å². The van der Waals surface area contributed by atoms with Crippen molar-refractivity contribution in [1.82, 2.24) is 0 Å². The molecule has 1 fully saturated rings. The Balaban J connectivity index is 1.71. The highest BCUT2D eigenvalue weighted by Crippen LogP contribution is 2.48. The number of anilines is 1. The lowest BCUT2D eigenvalue weighted by molar-refractivity contribution is 0.332. The van der Waals surface area contributed by atoms with E-state index in [2.05, 4.69) is 34.6 Å². The highest BCUT2D eigenvalue weighted by molar-refractivity contribution is 5.94. The number of hydrogen-bond donors (Lipinski definition) is 2. The molecule has 5 nitrogen and oxygen atoms in total. The third kappa shape index (κ3) is 4.28. The zero-order valence-corrected chi connectivity index (χ0v) is 15.5. The zero-order chi connectivity index (χ0) is 18.4. The van der Waals surface area contributed by atoms with E-state index in [1.54, 1.807) is 0 Å². The summed E-state index contributed by atoms with van der Waals surface area (Å²) in [5, 5.41) is 3.17. The standard InChI is InChI=1S/C21H27N3O2/c1-3-25-17-10-11-19(26-4-2)18(14-17)24-20(22)23-15-21(12-13-21)16-8-6-5-7-9-16/h5-11,14H,3-4,12-13,15H2,1-2H3,(H3,22,23,24). The molecular weight excluding hydrogens is 326 g/mol. The number of aliphatic imine (C=N–C) groups is 1. The van der Waals surface area contributed by atoms with Gasteiger partial charge in [0.15, 0.2) is 5.96 Å². The minimum Gasteiger partial charge on any atom is -0.494 e. The Kier molecular flexibility index (Phi) is 5.66. The monoisotopic (exact) mass is 353 g/mol. The van der Waals surface area contributed by atoms with Gasteiger partial charge in [0.25, 0.3) is 0 Å². The van der Waals surface area contributed by atoms with E-state index in [0.29, 0.717) is 25.7 Å². The fourth-order valence-electron chi connectivity index (χ4n) is 3.04. The molecular formula is C21H27N3O2. The SMILES string of the molecule is CCOc1ccc(OCC)c(NC(N)=NCC2(c3ccccc3)CC2)c1. The predicted octanol–water partition coefficient (Wildman–Crippen LogP) is 3.94. The molecule has 2 aromatic rings. The van der Waals surface area contributed by atoms with Crippen LogP contribution in [-0.4, -0.2) is 25.7 Å². The van der Waals surface area contributed by atoms with Crippen molar-refractivity contribution in [1.29, 1.82) is 0 Å². The molecule has 0 spiro atoms. The van der Waals surface area contributed by atoms with Crippen LogP contribution >= 0.6 is 0 Å². The second-order valence-corrected chi connectivity index (χ2v) is 6.50. The van der Waals surface area contributed by atoms with E-state index in [4.69, 9.17) is 15.2 Å². The number of benzene rings is 2. The molecule has 1 aliphatic carbocycles. The molecule has 0 bridgehead atoms. The second kappa shape index (κ2) is 8.13. The molecule has 26 heavy (non-hydrogen) atoms. The number of ether oxygens (including phenoxy) is 2. The average Bonchev–Trinajstić information content (AvgIpc) is 3.45. The van der Waals surface area contributed by atoms with E-state index in [1.165, 1.54) is 5.56 Å². The number of hydrogen-bond acceptors (Lipinski definition) is 3.